The molecule has 4 rings (SSSR count). The quantitative estimate of drug-likeness (QED) is 0.322. The number of aryl methyl sites for hydroxylation is 1. The van der Waals surface area contributed by atoms with Gasteiger partial charge in [-0.1, -0.05) is 54.3 Å². The summed E-state index contributed by atoms with van der Waals surface area (Å²) in [5, 5.41) is 3.62. The van der Waals surface area contributed by atoms with Crippen molar-refractivity contribution in [2.45, 2.75) is 63.1 Å². The lowest BCUT2D eigenvalue weighted by atomic mass is 10.1. The van der Waals surface area contributed by atoms with Gasteiger partial charge in [0.2, 0.25) is 11.8 Å². The number of halogens is 1. The highest BCUT2D eigenvalue weighted by Crippen LogP contribution is 2.26. The van der Waals surface area contributed by atoms with E-state index < -0.39 is 28.5 Å². The summed E-state index contributed by atoms with van der Waals surface area (Å²) in [5.41, 5.74) is 2.06. The number of nitrogens with one attached hydrogen (secondary N) is 1. The minimum atomic E-state index is -4.15. The van der Waals surface area contributed by atoms with Gasteiger partial charge < -0.3 is 15.0 Å². The molecule has 0 bridgehead atoms. The number of rotatable bonds is 11. The third kappa shape index (κ3) is 7.59. The highest BCUT2D eigenvalue weighted by molar-refractivity contribution is 7.92. The largest absolute Gasteiger partial charge is 0.497 e. The number of anilines is 1. The van der Waals surface area contributed by atoms with Crippen molar-refractivity contribution in [3.63, 3.8) is 0 Å². The fourth-order valence-corrected chi connectivity index (χ4v) is 6.42. The van der Waals surface area contributed by atoms with Crippen molar-refractivity contribution in [1.29, 1.82) is 0 Å². The van der Waals surface area contributed by atoms with Crippen LogP contribution in [-0.4, -0.2) is 50.9 Å². The Morgan fingerprint density at radius 2 is 1.59 bits per heavy atom. The lowest BCUT2D eigenvalue weighted by molar-refractivity contribution is -0.139. The monoisotopic (exact) mass is 597 g/mol. The van der Waals surface area contributed by atoms with Gasteiger partial charge in [0.1, 0.15) is 18.3 Å². The second-order valence-corrected chi connectivity index (χ2v) is 12.6. The third-order valence-electron chi connectivity index (χ3n) is 7.38. The predicted molar refractivity (Wildman–Crippen MR) is 161 cm³/mol. The molecule has 10 heteroatoms. The van der Waals surface area contributed by atoms with Crippen molar-refractivity contribution < 1.29 is 22.7 Å². The fraction of sp³-hybridized carbons (Fsp3) is 0.355. The molecule has 218 valence electrons. The summed E-state index contributed by atoms with van der Waals surface area (Å²) in [6.45, 7) is 3.19. The first-order valence-electron chi connectivity index (χ1n) is 13.7. The van der Waals surface area contributed by atoms with Crippen molar-refractivity contribution in [3.8, 4) is 5.75 Å². The highest BCUT2D eigenvalue weighted by Gasteiger charge is 2.33. The second-order valence-electron chi connectivity index (χ2n) is 10.3. The number of hydrogen-bond acceptors (Lipinski definition) is 5. The average molecular weight is 598 g/mol. The van der Waals surface area contributed by atoms with E-state index in [0.717, 1.165) is 41.1 Å². The van der Waals surface area contributed by atoms with E-state index in [0.29, 0.717) is 16.5 Å². The van der Waals surface area contributed by atoms with Crippen LogP contribution in [-0.2, 0) is 26.2 Å². The van der Waals surface area contributed by atoms with E-state index in [4.69, 9.17) is 16.3 Å². The Kier molecular flexibility index (Phi) is 9.94. The van der Waals surface area contributed by atoms with Gasteiger partial charge in [-0.2, -0.15) is 0 Å². The molecule has 1 N–H and O–H groups in total. The standard InChI is InChI=1S/C31H36ClN3O5S/c1-22-8-14-27(15-9-22)35(41(38,39)29-18-16-28(40-3)17-19-29)21-30(36)34(20-24-10-12-25(32)13-11-24)23(2)31(37)33-26-6-4-5-7-26/h8-19,23,26H,4-7,20-21H2,1-3H3,(H,33,37)/t23-/m1/s1. The fourth-order valence-electron chi connectivity index (χ4n) is 4.88. The number of ether oxygens (including phenoxy) is 1. The van der Waals surface area contributed by atoms with Gasteiger partial charge in [-0.05, 0) is 80.8 Å². The number of nitrogens with zero attached hydrogens (tertiary/aromatic N) is 2. The van der Waals surface area contributed by atoms with Crippen LogP contribution in [0, 0.1) is 6.92 Å². The summed E-state index contributed by atoms with van der Waals surface area (Å²) in [6, 6.07) is 19.2. The van der Waals surface area contributed by atoms with Gasteiger partial charge in [0.25, 0.3) is 10.0 Å². The first kappa shape index (κ1) is 30.4. The van der Waals surface area contributed by atoms with E-state index >= 15 is 0 Å². The zero-order valence-electron chi connectivity index (χ0n) is 23.5. The molecule has 0 saturated heterocycles. The number of carbonyl (C=O) groups is 2. The number of hydrogen-bond donors (Lipinski definition) is 1. The molecular weight excluding hydrogens is 562 g/mol. The van der Waals surface area contributed by atoms with E-state index in [2.05, 4.69) is 5.32 Å². The Morgan fingerprint density at radius 3 is 2.17 bits per heavy atom. The van der Waals surface area contributed by atoms with Crippen LogP contribution in [0.3, 0.4) is 0 Å². The van der Waals surface area contributed by atoms with Gasteiger partial charge >= 0.3 is 0 Å². The summed E-state index contributed by atoms with van der Waals surface area (Å²) in [5.74, 6) is -0.260. The molecule has 3 aromatic rings. The van der Waals surface area contributed by atoms with Crippen LogP contribution in [0.1, 0.15) is 43.7 Å². The maximum absolute atomic E-state index is 14.0. The molecule has 1 aliphatic carbocycles. The molecule has 0 unspecified atom stereocenters. The summed E-state index contributed by atoms with van der Waals surface area (Å²) >= 11 is 6.07. The first-order chi connectivity index (χ1) is 19.6. The summed E-state index contributed by atoms with van der Waals surface area (Å²) in [4.78, 5) is 28.8. The van der Waals surface area contributed by atoms with E-state index in [1.807, 2.05) is 6.92 Å². The topological polar surface area (TPSA) is 96.0 Å². The molecule has 1 atom stereocenters. The normalized spacial score (nSPS) is 14.3. The SMILES string of the molecule is COc1ccc(S(=O)(=O)N(CC(=O)N(Cc2ccc(Cl)cc2)[C@H](C)C(=O)NC2CCCC2)c2ccc(C)cc2)cc1. The van der Waals surface area contributed by atoms with E-state index in [9.17, 15) is 18.0 Å². The van der Waals surface area contributed by atoms with E-state index in [1.54, 1.807) is 67.6 Å². The van der Waals surface area contributed by atoms with Crippen molar-refractivity contribution in [2.75, 3.05) is 18.0 Å². The van der Waals surface area contributed by atoms with Gasteiger partial charge in [-0.3, -0.25) is 13.9 Å². The molecule has 3 aromatic carbocycles. The molecule has 41 heavy (non-hydrogen) atoms. The predicted octanol–water partition coefficient (Wildman–Crippen LogP) is 5.33. The number of amides is 2. The summed E-state index contributed by atoms with van der Waals surface area (Å²) < 4.78 is 34.1. The van der Waals surface area contributed by atoms with Crippen molar-refractivity contribution in [2.24, 2.45) is 0 Å². The third-order valence-corrected chi connectivity index (χ3v) is 9.42. The first-order valence-corrected chi connectivity index (χ1v) is 15.5. The van der Waals surface area contributed by atoms with Crippen LogP contribution < -0.4 is 14.4 Å². The Labute approximate surface area is 247 Å². The molecule has 0 heterocycles. The van der Waals surface area contributed by atoms with Gasteiger partial charge in [0.05, 0.1) is 17.7 Å². The highest BCUT2D eigenvalue weighted by atomic mass is 35.5. The lowest BCUT2D eigenvalue weighted by Gasteiger charge is -2.32. The van der Waals surface area contributed by atoms with Crippen LogP contribution in [0.25, 0.3) is 0 Å². The second kappa shape index (κ2) is 13.4. The average Bonchev–Trinajstić information content (AvgIpc) is 3.48. The van der Waals surface area contributed by atoms with Gasteiger partial charge in [0.15, 0.2) is 0 Å². The van der Waals surface area contributed by atoms with Gasteiger partial charge in [-0.25, -0.2) is 8.42 Å². The summed E-state index contributed by atoms with van der Waals surface area (Å²) in [6.07, 6.45) is 3.93. The van der Waals surface area contributed by atoms with Crippen LogP contribution in [0.5, 0.6) is 5.75 Å². The Hall–Kier alpha value is -3.56. The molecule has 8 nitrogen and oxygen atoms in total. The van der Waals surface area contributed by atoms with Gasteiger partial charge in [-0.15, -0.1) is 0 Å². The zero-order chi connectivity index (χ0) is 29.6. The minimum absolute atomic E-state index is 0.0166. The minimum Gasteiger partial charge on any atom is -0.497 e. The maximum atomic E-state index is 14.0. The zero-order valence-corrected chi connectivity index (χ0v) is 25.1. The molecule has 0 spiro atoms. The lowest BCUT2D eigenvalue weighted by Crippen LogP contribution is -2.52. The van der Waals surface area contributed by atoms with Crippen molar-refractivity contribution in [1.82, 2.24) is 10.2 Å². The van der Waals surface area contributed by atoms with Crippen LogP contribution in [0.15, 0.2) is 77.7 Å². The van der Waals surface area contributed by atoms with Crippen molar-refractivity contribution in [3.05, 3.63) is 88.9 Å². The van der Waals surface area contributed by atoms with Crippen molar-refractivity contribution >= 4 is 39.1 Å². The number of sulfonamides is 1. The van der Waals surface area contributed by atoms with Crippen LogP contribution in [0.4, 0.5) is 5.69 Å². The molecule has 0 aromatic heterocycles. The molecule has 1 saturated carbocycles. The number of carbonyl (C=O) groups excluding carboxylic acids is 2. The molecule has 1 aliphatic rings. The molecule has 0 aliphatic heterocycles. The molecule has 2 amide bonds. The smallest absolute Gasteiger partial charge is 0.264 e. The van der Waals surface area contributed by atoms with E-state index in [-0.39, 0.29) is 23.4 Å². The number of benzene rings is 3. The molecule has 0 radical (unpaired) electrons. The Balaban J connectivity index is 1.67. The number of methoxy groups -OCH3 is 1. The maximum Gasteiger partial charge on any atom is 0.264 e. The van der Waals surface area contributed by atoms with E-state index in [1.165, 1.54) is 24.1 Å². The molecule has 1 fully saturated rings. The van der Waals surface area contributed by atoms with Crippen LogP contribution >= 0.6 is 11.6 Å². The van der Waals surface area contributed by atoms with Gasteiger partial charge in [0, 0.05) is 17.6 Å². The molecular formula is C31H36ClN3O5S. The Morgan fingerprint density at radius 1 is 0.976 bits per heavy atom. The van der Waals surface area contributed by atoms with Crippen LogP contribution in [0.2, 0.25) is 5.02 Å². The Bertz CT molecular complexity index is 1440. The summed E-state index contributed by atoms with van der Waals surface area (Å²) in [7, 11) is -2.65.